The van der Waals surface area contributed by atoms with Crippen LogP contribution in [-0.4, -0.2) is 37.8 Å². The molecule has 1 unspecified atom stereocenters. The number of benzene rings is 1. The summed E-state index contributed by atoms with van der Waals surface area (Å²) < 4.78 is 32.9. The highest BCUT2D eigenvalue weighted by Gasteiger charge is 2.27. The predicted octanol–water partition coefficient (Wildman–Crippen LogP) is 2.34. The Balaban J connectivity index is 2.11. The van der Waals surface area contributed by atoms with E-state index in [9.17, 15) is 18.0 Å². The van der Waals surface area contributed by atoms with E-state index in [-0.39, 0.29) is 4.90 Å². The summed E-state index contributed by atoms with van der Waals surface area (Å²) in [5.74, 6) is -1.22. The van der Waals surface area contributed by atoms with E-state index in [1.54, 1.807) is 32.2 Å². The Labute approximate surface area is 159 Å². The highest BCUT2D eigenvalue weighted by Crippen LogP contribution is 2.26. The lowest BCUT2D eigenvalue weighted by molar-refractivity contribution is -0.144. The number of hydrogen-bond acceptors (Lipinski definition) is 5. The number of carbonyl (C=O) groups is 2. The quantitative estimate of drug-likeness (QED) is 0.556. The molecule has 1 aromatic carbocycles. The van der Waals surface area contributed by atoms with Gasteiger partial charge < -0.3 is 9.72 Å². The molecule has 0 aliphatic rings. The first-order valence-electron chi connectivity index (χ1n) is 8.47. The topological polar surface area (TPSA) is 105 Å². The van der Waals surface area contributed by atoms with Gasteiger partial charge in [0.1, 0.15) is 6.04 Å². The molecule has 1 aromatic heterocycles. The van der Waals surface area contributed by atoms with Crippen molar-refractivity contribution >= 4 is 21.8 Å². The third-order valence-electron chi connectivity index (χ3n) is 4.50. The molecule has 2 N–H and O–H groups in total. The zero-order valence-electron chi connectivity index (χ0n) is 16.0. The fraction of sp³-hybridized carbons (Fsp3) is 0.368. The average Bonchev–Trinajstić information content (AvgIpc) is 3.11. The highest BCUT2D eigenvalue weighted by molar-refractivity contribution is 7.89. The predicted molar refractivity (Wildman–Crippen MR) is 101 cm³/mol. The number of esters is 1. The minimum absolute atomic E-state index is 0.169. The Hall–Kier alpha value is -2.45. The number of Topliss-reactive ketones (excluding diaryl/α,β-unsaturated/α-hetero) is 1. The SMILES string of the molecule is Cc1cc(C)c(C)c(S(=O)(=O)NC(C)C(=O)OCC(=O)c2ccc[nH]2)c1C. The molecule has 0 amide bonds. The van der Waals surface area contributed by atoms with Crippen molar-refractivity contribution in [3.8, 4) is 0 Å². The summed E-state index contributed by atoms with van der Waals surface area (Å²) in [6.45, 7) is 8.05. The molecule has 8 heteroatoms. The lowest BCUT2D eigenvalue weighted by Crippen LogP contribution is -2.40. The molecule has 1 atom stereocenters. The Bertz CT molecular complexity index is 936. The lowest BCUT2D eigenvalue weighted by Gasteiger charge is -2.18. The van der Waals surface area contributed by atoms with Gasteiger partial charge in [0.25, 0.3) is 0 Å². The second-order valence-electron chi connectivity index (χ2n) is 6.55. The van der Waals surface area contributed by atoms with Crippen molar-refractivity contribution < 1.29 is 22.7 Å². The van der Waals surface area contributed by atoms with Crippen LogP contribution in [0.5, 0.6) is 0 Å². The van der Waals surface area contributed by atoms with Crippen molar-refractivity contribution in [2.45, 2.75) is 45.6 Å². The van der Waals surface area contributed by atoms with Crippen molar-refractivity contribution in [1.82, 2.24) is 9.71 Å². The maximum absolute atomic E-state index is 12.8. The van der Waals surface area contributed by atoms with Crippen LogP contribution in [0.2, 0.25) is 0 Å². The molecule has 27 heavy (non-hydrogen) atoms. The molecule has 0 bridgehead atoms. The van der Waals surface area contributed by atoms with E-state index in [4.69, 9.17) is 4.74 Å². The van der Waals surface area contributed by atoms with Crippen molar-refractivity contribution in [3.05, 3.63) is 52.3 Å². The Kier molecular flexibility index (Phi) is 6.22. The van der Waals surface area contributed by atoms with Gasteiger partial charge in [-0.25, -0.2) is 8.42 Å². The Morgan fingerprint density at radius 3 is 2.26 bits per heavy atom. The average molecular weight is 392 g/mol. The standard InChI is InChI=1S/C19H24N2O5S/c1-11-9-12(2)14(4)18(13(11)3)27(24,25)21-15(5)19(23)26-10-17(22)16-7-6-8-20-16/h6-9,15,20-21H,10H2,1-5H3. The number of hydrogen-bond donors (Lipinski definition) is 2. The van der Waals surface area contributed by atoms with Gasteiger partial charge in [-0.3, -0.25) is 9.59 Å². The second kappa shape index (κ2) is 8.06. The van der Waals surface area contributed by atoms with Crippen LogP contribution >= 0.6 is 0 Å². The van der Waals surface area contributed by atoms with Gasteiger partial charge in [0, 0.05) is 6.20 Å². The third kappa shape index (κ3) is 4.64. The lowest BCUT2D eigenvalue weighted by atomic mass is 10.0. The molecule has 146 valence electrons. The molecule has 0 aliphatic heterocycles. The smallest absolute Gasteiger partial charge is 0.324 e. The van der Waals surface area contributed by atoms with Gasteiger partial charge in [0.05, 0.1) is 10.6 Å². The van der Waals surface area contributed by atoms with Gasteiger partial charge in [-0.05, 0) is 69.0 Å². The van der Waals surface area contributed by atoms with Crippen LogP contribution in [0.15, 0.2) is 29.3 Å². The zero-order chi connectivity index (χ0) is 20.4. The van der Waals surface area contributed by atoms with Gasteiger partial charge >= 0.3 is 5.97 Å². The molecule has 0 saturated carbocycles. The summed E-state index contributed by atoms with van der Waals surface area (Å²) in [5.41, 5.74) is 3.29. The third-order valence-corrected chi connectivity index (χ3v) is 6.31. The largest absolute Gasteiger partial charge is 0.456 e. The first-order valence-corrected chi connectivity index (χ1v) is 9.96. The summed E-state index contributed by atoms with van der Waals surface area (Å²) in [6.07, 6.45) is 1.58. The van der Waals surface area contributed by atoms with Crippen LogP contribution < -0.4 is 4.72 Å². The van der Waals surface area contributed by atoms with E-state index in [2.05, 4.69) is 9.71 Å². The summed E-state index contributed by atoms with van der Waals surface area (Å²) in [6, 6.07) is 4.01. The van der Waals surface area contributed by atoms with Crippen LogP contribution in [0.1, 0.15) is 39.7 Å². The fourth-order valence-corrected chi connectivity index (χ4v) is 4.57. The summed E-state index contributed by atoms with van der Waals surface area (Å²) in [7, 11) is -3.93. The monoisotopic (exact) mass is 392 g/mol. The van der Waals surface area contributed by atoms with Crippen LogP contribution in [0.25, 0.3) is 0 Å². The fourth-order valence-electron chi connectivity index (χ4n) is 2.77. The summed E-state index contributed by atoms with van der Waals surface area (Å²) in [4.78, 5) is 26.9. The van der Waals surface area contributed by atoms with Crippen molar-refractivity contribution in [3.63, 3.8) is 0 Å². The Morgan fingerprint density at radius 1 is 1.15 bits per heavy atom. The number of rotatable bonds is 7. The van der Waals surface area contributed by atoms with Crippen LogP contribution in [0.3, 0.4) is 0 Å². The molecule has 0 aliphatic carbocycles. The van der Waals surface area contributed by atoms with Crippen molar-refractivity contribution in [2.24, 2.45) is 0 Å². The van der Waals surface area contributed by atoms with Crippen LogP contribution in [-0.2, 0) is 19.6 Å². The molecule has 7 nitrogen and oxygen atoms in total. The summed E-state index contributed by atoms with van der Waals surface area (Å²) in [5, 5.41) is 0. The minimum atomic E-state index is -3.93. The van der Waals surface area contributed by atoms with Crippen molar-refractivity contribution in [2.75, 3.05) is 6.61 Å². The van der Waals surface area contributed by atoms with Gasteiger partial charge in [-0.1, -0.05) is 6.07 Å². The molecule has 0 saturated heterocycles. The van der Waals surface area contributed by atoms with E-state index in [1.807, 2.05) is 19.9 Å². The molecule has 1 heterocycles. The second-order valence-corrected chi connectivity index (χ2v) is 8.20. The molecule has 2 rings (SSSR count). The van der Waals surface area contributed by atoms with E-state index >= 15 is 0 Å². The number of nitrogens with one attached hydrogen (secondary N) is 2. The van der Waals surface area contributed by atoms with E-state index in [1.165, 1.54) is 6.92 Å². The molecule has 2 aromatic rings. The number of carbonyl (C=O) groups excluding carboxylic acids is 2. The number of ketones is 1. The molecular formula is C19H24N2O5S. The first-order chi connectivity index (χ1) is 12.5. The maximum Gasteiger partial charge on any atom is 0.324 e. The number of aromatic nitrogens is 1. The van der Waals surface area contributed by atoms with Gasteiger partial charge in [-0.2, -0.15) is 4.72 Å². The van der Waals surface area contributed by atoms with E-state index in [0.717, 1.165) is 11.1 Å². The van der Waals surface area contributed by atoms with Gasteiger partial charge in [0.2, 0.25) is 15.8 Å². The van der Waals surface area contributed by atoms with Gasteiger partial charge in [-0.15, -0.1) is 0 Å². The van der Waals surface area contributed by atoms with E-state index < -0.39 is 34.4 Å². The first kappa shape index (κ1) is 20.9. The zero-order valence-corrected chi connectivity index (χ0v) is 16.9. The minimum Gasteiger partial charge on any atom is -0.456 e. The van der Waals surface area contributed by atoms with Crippen molar-refractivity contribution in [1.29, 1.82) is 0 Å². The van der Waals surface area contributed by atoms with Crippen LogP contribution in [0.4, 0.5) is 0 Å². The highest BCUT2D eigenvalue weighted by atomic mass is 32.2. The molecular weight excluding hydrogens is 368 g/mol. The molecule has 0 radical (unpaired) electrons. The maximum atomic E-state index is 12.8. The Morgan fingerprint density at radius 2 is 1.74 bits per heavy atom. The number of ether oxygens (including phenoxy) is 1. The molecule has 0 spiro atoms. The number of aromatic amines is 1. The number of sulfonamides is 1. The van der Waals surface area contributed by atoms with E-state index in [0.29, 0.717) is 16.8 Å². The number of H-pyrrole nitrogens is 1. The van der Waals surface area contributed by atoms with Crippen LogP contribution in [0, 0.1) is 27.7 Å². The molecule has 0 fully saturated rings. The van der Waals surface area contributed by atoms with Gasteiger partial charge in [0.15, 0.2) is 6.61 Å². The normalized spacial score (nSPS) is 12.6. The summed E-state index contributed by atoms with van der Waals surface area (Å²) >= 11 is 0. The number of aryl methyl sites for hydroxylation is 2.